The Labute approximate surface area is 356 Å². The number of hydrogen-bond donors (Lipinski definition) is 2. The van der Waals surface area contributed by atoms with Crippen LogP contribution in [-0.2, 0) is 50.6 Å². The summed E-state index contributed by atoms with van der Waals surface area (Å²) in [7, 11) is 6.37. The third-order valence-electron chi connectivity index (χ3n) is 16.4. The number of epoxide rings is 1. The van der Waals surface area contributed by atoms with Gasteiger partial charge in [-0.1, -0.05) is 44.7 Å². The van der Waals surface area contributed by atoms with Crippen molar-refractivity contribution in [3.63, 3.8) is 0 Å². The quantitative estimate of drug-likeness (QED) is 0.136. The van der Waals surface area contributed by atoms with Crippen LogP contribution in [0.4, 0.5) is 5.69 Å². The van der Waals surface area contributed by atoms with Crippen LogP contribution in [0.5, 0.6) is 5.75 Å². The summed E-state index contributed by atoms with van der Waals surface area (Å²) >= 11 is 0. The Bertz CT molecular complexity index is 2430. The van der Waals surface area contributed by atoms with Crippen molar-refractivity contribution < 1.29 is 43.2 Å². The number of methoxy groups -OCH3 is 3. The summed E-state index contributed by atoms with van der Waals surface area (Å²) in [6.45, 7) is 12.9. The highest BCUT2D eigenvalue weighted by atomic mass is 16.7. The zero-order chi connectivity index (χ0) is 43.1. The van der Waals surface area contributed by atoms with Crippen molar-refractivity contribution in [1.82, 2.24) is 14.8 Å². The van der Waals surface area contributed by atoms with Gasteiger partial charge in [-0.2, -0.15) is 0 Å². The van der Waals surface area contributed by atoms with Gasteiger partial charge in [0.2, 0.25) is 0 Å². The van der Waals surface area contributed by atoms with E-state index in [4.69, 9.17) is 23.7 Å². The molecular weight excluding hydrogens is 777 g/mol. The number of anilines is 1. The molecule has 13 heteroatoms. The Balaban J connectivity index is 1.29. The highest BCUT2D eigenvalue weighted by Gasteiger charge is 2.98. The monoisotopic (exact) mass is 834 g/mol. The number of esters is 3. The van der Waals surface area contributed by atoms with E-state index in [2.05, 4.69) is 52.6 Å². The van der Waals surface area contributed by atoms with Gasteiger partial charge < -0.3 is 38.7 Å². The predicted molar refractivity (Wildman–Crippen MR) is 228 cm³/mol. The molecule has 10 atom stereocenters. The SMILES string of the molecule is C=Cc1ccc2[nH]c3c(c2c1)CCN1C[C@H](C[C@@](O)(CC)C1)C[C@]3(C(=O)OC)c1cc2c(cc1OC)N(C)[C@@]13O[C@]1(C(=O)OC)[C@H](OC(C)=O)[C@]1(CC)C=CCN4CC[C@]23[C@@H]41. The van der Waals surface area contributed by atoms with E-state index in [9.17, 15) is 14.7 Å². The fourth-order valence-corrected chi connectivity index (χ4v) is 14.1. The van der Waals surface area contributed by atoms with E-state index in [1.807, 2.05) is 43.1 Å². The number of aromatic amines is 1. The van der Waals surface area contributed by atoms with E-state index in [0.717, 1.165) is 39.0 Å². The van der Waals surface area contributed by atoms with Crippen molar-refractivity contribution >= 4 is 40.6 Å². The number of benzene rings is 2. The van der Waals surface area contributed by atoms with Crippen molar-refractivity contribution in [2.45, 2.75) is 99.2 Å². The highest BCUT2D eigenvalue weighted by Crippen LogP contribution is 2.80. The van der Waals surface area contributed by atoms with Gasteiger partial charge in [0.15, 0.2) is 11.8 Å². The van der Waals surface area contributed by atoms with Crippen molar-refractivity contribution in [3.8, 4) is 5.75 Å². The van der Waals surface area contributed by atoms with E-state index >= 15 is 4.79 Å². The van der Waals surface area contributed by atoms with Gasteiger partial charge in [-0.05, 0) is 85.9 Å². The van der Waals surface area contributed by atoms with Gasteiger partial charge in [-0.3, -0.25) is 19.4 Å². The first-order valence-corrected chi connectivity index (χ1v) is 21.9. The molecule has 2 bridgehead atoms. The third-order valence-corrected chi connectivity index (χ3v) is 16.4. The second-order valence-corrected chi connectivity index (χ2v) is 18.8. The number of H-pyrrole nitrogens is 1. The summed E-state index contributed by atoms with van der Waals surface area (Å²) in [6, 6.07) is 10.1. The van der Waals surface area contributed by atoms with Gasteiger partial charge in [-0.25, -0.2) is 4.79 Å². The molecule has 3 saturated heterocycles. The van der Waals surface area contributed by atoms with Crippen LogP contribution < -0.4 is 9.64 Å². The zero-order valence-electron chi connectivity index (χ0n) is 36.4. The molecule has 4 fully saturated rings. The number of fused-ring (bicyclic) bond motifs is 6. The number of hydrogen-bond acceptors (Lipinski definition) is 12. The normalized spacial score (nSPS) is 37.8. The number of rotatable bonds is 8. The fraction of sp³-hybridized carbons (Fsp3) is 0.562. The second kappa shape index (κ2) is 13.4. The van der Waals surface area contributed by atoms with Crippen LogP contribution in [0.15, 0.2) is 49.1 Å². The molecule has 1 aliphatic carbocycles. The molecule has 7 aliphatic rings. The molecule has 324 valence electrons. The molecule has 6 aliphatic heterocycles. The number of carbonyl (C=O) groups is 3. The summed E-state index contributed by atoms with van der Waals surface area (Å²) in [6.07, 6.45) is 8.38. The smallest absolute Gasteiger partial charge is 0.347 e. The third kappa shape index (κ3) is 4.78. The molecular formula is C48H58N4O9. The fourth-order valence-electron chi connectivity index (χ4n) is 14.1. The molecule has 0 radical (unpaired) electrons. The van der Waals surface area contributed by atoms with Crippen LogP contribution in [0.25, 0.3) is 17.0 Å². The van der Waals surface area contributed by atoms with Crippen LogP contribution in [-0.4, -0.2) is 128 Å². The number of nitrogens with one attached hydrogen (secondary N) is 1. The molecule has 7 heterocycles. The Morgan fingerprint density at radius 1 is 1.03 bits per heavy atom. The lowest BCUT2D eigenvalue weighted by Gasteiger charge is -2.58. The summed E-state index contributed by atoms with van der Waals surface area (Å²) in [4.78, 5) is 53.8. The Morgan fingerprint density at radius 3 is 2.51 bits per heavy atom. The van der Waals surface area contributed by atoms with Gasteiger partial charge in [0.05, 0.1) is 32.3 Å². The molecule has 2 N–H and O–H groups in total. The first kappa shape index (κ1) is 40.4. The molecule has 13 nitrogen and oxygen atoms in total. The summed E-state index contributed by atoms with van der Waals surface area (Å²) in [5, 5.41) is 13.1. The number of carbonyl (C=O) groups excluding carboxylic acids is 3. The van der Waals surface area contributed by atoms with Crippen LogP contribution in [0.2, 0.25) is 0 Å². The van der Waals surface area contributed by atoms with Crippen molar-refractivity contribution in [1.29, 1.82) is 0 Å². The van der Waals surface area contributed by atoms with E-state index in [1.54, 1.807) is 7.11 Å². The lowest BCUT2D eigenvalue weighted by Crippen LogP contribution is -2.75. The van der Waals surface area contributed by atoms with Crippen LogP contribution in [0.3, 0.4) is 0 Å². The maximum atomic E-state index is 15.5. The topological polar surface area (TPSA) is 146 Å². The van der Waals surface area contributed by atoms with E-state index in [1.165, 1.54) is 21.1 Å². The lowest BCUT2D eigenvalue weighted by molar-refractivity contribution is -0.178. The average molecular weight is 835 g/mol. The molecule has 1 aromatic heterocycles. The summed E-state index contributed by atoms with van der Waals surface area (Å²) in [5.74, 6) is -1.14. The minimum Gasteiger partial charge on any atom is -0.496 e. The molecule has 0 amide bonds. The molecule has 2 spiro atoms. The average Bonchev–Trinajstić information content (AvgIpc) is 3.51. The van der Waals surface area contributed by atoms with Gasteiger partial charge in [0.25, 0.3) is 5.60 Å². The number of aromatic nitrogens is 1. The van der Waals surface area contributed by atoms with E-state index < -0.39 is 57.2 Å². The molecule has 2 aromatic carbocycles. The Morgan fingerprint density at radius 2 is 1.82 bits per heavy atom. The van der Waals surface area contributed by atoms with Crippen LogP contribution in [0.1, 0.15) is 80.8 Å². The lowest BCUT2D eigenvalue weighted by atomic mass is 9.49. The molecule has 61 heavy (non-hydrogen) atoms. The van der Waals surface area contributed by atoms with Gasteiger partial charge in [0.1, 0.15) is 11.2 Å². The first-order valence-electron chi connectivity index (χ1n) is 21.9. The maximum Gasteiger partial charge on any atom is 0.347 e. The van der Waals surface area contributed by atoms with Crippen LogP contribution >= 0.6 is 0 Å². The Kier molecular flexibility index (Phi) is 8.88. The molecule has 3 aromatic rings. The van der Waals surface area contributed by atoms with Crippen molar-refractivity contribution in [2.75, 3.05) is 66.0 Å². The molecule has 1 saturated carbocycles. The minimum absolute atomic E-state index is 0.0971. The number of aliphatic hydroxyl groups is 1. The minimum atomic E-state index is -1.67. The number of piperidine rings is 1. The predicted octanol–water partition coefficient (Wildman–Crippen LogP) is 5.00. The van der Waals surface area contributed by atoms with Crippen LogP contribution in [0, 0.1) is 11.3 Å². The summed E-state index contributed by atoms with van der Waals surface area (Å²) in [5.41, 5.74) is -0.995. The second-order valence-electron chi connectivity index (χ2n) is 18.8. The summed E-state index contributed by atoms with van der Waals surface area (Å²) < 4.78 is 31.5. The number of likely N-dealkylation sites (N-methyl/N-ethyl adjacent to an activating group) is 1. The zero-order valence-corrected chi connectivity index (χ0v) is 36.4. The van der Waals surface area contributed by atoms with Crippen molar-refractivity contribution in [3.05, 3.63) is 77.0 Å². The largest absolute Gasteiger partial charge is 0.496 e. The standard InChI is InChI=1S/C48H58N4O9/c1-9-29-13-14-35-32(21-29)31-15-19-51-26-30(24-43(56,10-2)27-51)25-45(38(31)49-35,41(54)58-7)34-22-33-36(23-37(34)57-6)50(5)48-46(33)17-20-52-18-12-16-44(11-3,39(46)52)40(60-28(4)53)47(48,61-48)42(55)59-8/h9,12-14,16,21-23,30,39-40,49,56H,1,10-11,15,17-20,24-27H2,2-8H3/t30-,39+,40-,43+,44-,45+,46-,47+,48+/m1/s1. The molecule has 10 rings (SSSR count). The van der Waals surface area contributed by atoms with Gasteiger partial charge in [-0.15, -0.1) is 0 Å². The highest BCUT2D eigenvalue weighted by molar-refractivity contribution is 5.96. The van der Waals surface area contributed by atoms with Crippen molar-refractivity contribution in [2.24, 2.45) is 11.3 Å². The number of ether oxygens (including phenoxy) is 5. The van der Waals surface area contributed by atoms with Gasteiger partial charge in [0, 0.05) is 85.5 Å². The first-order chi connectivity index (χ1) is 29.2. The number of nitrogens with zero attached hydrogens (tertiary/aromatic N) is 3. The van der Waals surface area contributed by atoms with Gasteiger partial charge >= 0.3 is 17.9 Å². The van der Waals surface area contributed by atoms with E-state index in [-0.39, 0.29) is 12.0 Å². The Hall–Kier alpha value is -4.69. The van der Waals surface area contributed by atoms with E-state index in [0.29, 0.717) is 82.6 Å². The maximum absolute atomic E-state index is 15.5. The molecule has 1 unspecified atom stereocenters.